The first-order valence-electron chi connectivity index (χ1n) is 28.0. The topological polar surface area (TPSA) is 242 Å². The lowest BCUT2D eigenvalue weighted by Crippen LogP contribution is -2.41. The number of hydrogen-bond acceptors (Lipinski definition) is 15. The minimum Gasteiger partial charge on any atom is -0.435 e. The number of aromatic nitrogens is 3. The van der Waals surface area contributed by atoms with Crippen molar-refractivity contribution < 1.29 is 81.3 Å². The van der Waals surface area contributed by atoms with Gasteiger partial charge in [0.2, 0.25) is 17.8 Å². The summed E-state index contributed by atoms with van der Waals surface area (Å²) in [6.07, 6.45) is 3.50. The lowest BCUT2D eigenvalue weighted by Gasteiger charge is -2.27. The molecule has 9 aromatic rings. The Morgan fingerprint density at radius 1 is 0.344 bits per heavy atom. The lowest BCUT2D eigenvalue weighted by atomic mass is 9.81. The second-order valence-corrected chi connectivity index (χ2v) is 21.0. The number of benzene rings is 6. The second-order valence-electron chi connectivity index (χ2n) is 21.0. The van der Waals surface area contributed by atoms with Crippen LogP contribution >= 0.6 is 0 Å². The summed E-state index contributed by atoms with van der Waals surface area (Å²) in [5.41, 5.74) is 15.5. The van der Waals surface area contributed by atoms with E-state index in [1.807, 2.05) is 0 Å². The van der Waals surface area contributed by atoms with E-state index in [0.29, 0.717) is 16.7 Å². The summed E-state index contributed by atoms with van der Waals surface area (Å²) < 4.78 is 172. The molecule has 0 aliphatic carbocycles. The van der Waals surface area contributed by atoms with Crippen molar-refractivity contribution in [2.24, 2.45) is 32.2 Å². The third-order valence-corrected chi connectivity index (χ3v) is 15.5. The van der Waals surface area contributed by atoms with E-state index in [9.17, 15) is 67.1 Å². The zero-order valence-corrected chi connectivity index (χ0v) is 49.8. The fraction of sp³-hybridized carbons (Fsp3) is 0.136. The van der Waals surface area contributed by atoms with Crippen LogP contribution < -0.4 is 31.4 Å². The summed E-state index contributed by atoms with van der Waals surface area (Å²) in [5, 5.41) is 0. The first-order chi connectivity index (χ1) is 45.7. The highest BCUT2D eigenvalue weighted by Crippen LogP contribution is 2.45. The maximum atomic E-state index is 14.6. The molecule has 6 heterocycles. The first kappa shape index (κ1) is 67.1. The molecule has 0 spiro atoms. The van der Waals surface area contributed by atoms with Crippen LogP contribution in [0, 0.1) is 35.3 Å². The SMILES string of the molecule is CN1C(=O)C(c2ccc(OC(F)F)cc2)(c2ccc(F)c(-c3ccc(F)nc3)c2)N=C1N.CN1C(=O)[C@@](c2ccc(OC(F)F)cc2)(c2ccc(F)c(-c3ccc(F)nc3)c2)N=C1N.CN1C(=O)[C@](c2ccc(OC(F)F)cc2)(c2ccc(F)c(-c3ccc(F)nc3)c2)N=C1N. The van der Waals surface area contributed by atoms with E-state index in [2.05, 4.69) is 44.1 Å². The maximum Gasteiger partial charge on any atom is 0.387 e. The van der Waals surface area contributed by atoms with E-state index < -0.39 is 89.5 Å². The van der Waals surface area contributed by atoms with Crippen molar-refractivity contribution in [3.63, 3.8) is 0 Å². The highest BCUT2D eigenvalue weighted by Gasteiger charge is 2.52. The predicted octanol–water partition coefficient (Wildman–Crippen LogP) is 11.0. The molecular formula is C66H48F12N12O6. The molecule has 0 bridgehead atoms. The highest BCUT2D eigenvalue weighted by molar-refractivity contribution is 6.11. The fourth-order valence-electron chi connectivity index (χ4n) is 10.7. The average Bonchev–Trinajstić information content (AvgIpc) is 1.55. The van der Waals surface area contributed by atoms with Crippen molar-refractivity contribution in [3.05, 3.63) is 251 Å². The summed E-state index contributed by atoms with van der Waals surface area (Å²) in [7, 11) is 4.31. The molecule has 0 saturated carbocycles. The van der Waals surface area contributed by atoms with E-state index in [1.165, 1.54) is 167 Å². The molecule has 6 aromatic carbocycles. The average molecular weight is 1330 g/mol. The monoisotopic (exact) mass is 1330 g/mol. The molecule has 0 fully saturated rings. The van der Waals surface area contributed by atoms with Gasteiger partial charge in [-0.05, 0) is 143 Å². The molecule has 3 aromatic heterocycles. The summed E-state index contributed by atoms with van der Waals surface area (Å²) in [6, 6.07) is 35.2. The summed E-state index contributed by atoms with van der Waals surface area (Å²) in [6.45, 7) is -9.02. The second kappa shape index (κ2) is 27.0. The third-order valence-electron chi connectivity index (χ3n) is 15.5. The number of hydrogen-bond donors (Lipinski definition) is 3. The fourth-order valence-corrected chi connectivity index (χ4v) is 10.7. The Balaban J connectivity index is 0.000000157. The van der Waals surface area contributed by atoms with Gasteiger partial charge in [0, 0.05) is 73.1 Å². The van der Waals surface area contributed by atoms with Gasteiger partial charge >= 0.3 is 19.8 Å². The van der Waals surface area contributed by atoms with Gasteiger partial charge in [0.1, 0.15) is 34.7 Å². The molecule has 3 aliphatic heterocycles. The number of nitrogens with two attached hydrogens (primary N) is 3. The molecule has 0 saturated heterocycles. The molecular weight excluding hydrogens is 1280 g/mol. The number of carbonyl (C=O) groups is 3. The number of ether oxygens (including phenoxy) is 3. The maximum absolute atomic E-state index is 14.6. The van der Waals surface area contributed by atoms with Gasteiger partial charge in [0.25, 0.3) is 17.7 Å². The van der Waals surface area contributed by atoms with Crippen molar-refractivity contribution in [1.29, 1.82) is 0 Å². The van der Waals surface area contributed by atoms with Crippen molar-refractivity contribution in [2.75, 3.05) is 21.1 Å². The molecule has 30 heteroatoms. The Morgan fingerprint density at radius 3 is 0.760 bits per heavy atom. The number of nitrogens with zero attached hydrogens (tertiary/aromatic N) is 9. The third kappa shape index (κ3) is 13.0. The van der Waals surface area contributed by atoms with Crippen LogP contribution in [-0.4, -0.2) is 106 Å². The molecule has 96 heavy (non-hydrogen) atoms. The van der Waals surface area contributed by atoms with Gasteiger partial charge in [-0.2, -0.15) is 39.5 Å². The van der Waals surface area contributed by atoms with Crippen LogP contribution in [0.15, 0.2) is 197 Å². The van der Waals surface area contributed by atoms with Crippen molar-refractivity contribution in [1.82, 2.24) is 29.7 Å². The molecule has 1 unspecified atom stereocenters. The van der Waals surface area contributed by atoms with Crippen LogP contribution in [0.25, 0.3) is 33.4 Å². The molecule has 3 amide bonds. The Bertz CT molecular complexity index is 4050. The molecule has 492 valence electrons. The lowest BCUT2D eigenvalue weighted by molar-refractivity contribution is -0.130. The quantitative estimate of drug-likeness (QED) is 0.0641. The molecule has 12 rings (SSSR count). The number of amides is 3. The van der Waals surface area contributed by atoms with Gasteiger partial charge in [0.15, 0.2) is 34.5 Å². The number of alkyl halides is 6. The Hall–Kier alpha value is -11.9. The van der Waals surface area contributed by atoms with Crippen LogP contribution in [0.2, 0.25) is 0 Å². The number of pyridine rings is 3. The van der Waals surface area contributed by atoms with Crippen molar-refractivity contribution in [2.45, 2.75) is 36.5 Å². The minimum absolute atomic E-state index is 0.0720. The number of rotatable bonds is 15. The van der Waals surface area contributed by atoms with Crippen LogP contribution in [0.1, 0.15) is 33.4 Å². The molecule has 3 aliphatic rings. The number of aliphatic imine (C=N–C) groups is 3. The minimum atomic E-state index is -3.01. The van der Waals surface area contributed by atoms with Gasteiger partial charge < -0.3 is 31.4 Å². The summed E-state index contributed by atoms with van der Waals surface area (Å²) in [4.78, 5) is 67.1. The van der Waals surface area contributed by atoms with E-state index in [0.717, 1.165) is 51.1 Å². The van der Waals surface area contributed by atoms with Crippen LogP contribution in [0.4, 0.5) is 52.7 Å². The summed E-state index contributed by atoms with van der Waals surface area (Å²) in [5.74, 6) is -6.12. The van der Waals surface area contributed by atoms with Gasteiger partial charge in [-0.1, -0.05) is 54.6 Å². The van der Waals surface area contributed by atoms with Crippen LogP contribution in [0.5, 0.6) is 17.2 Å². The Labute approximate surface area is 536 Å². The molecule has 18 nitrogen and oxygen atoms in total. The van der Waals surface area contributed by atoms with Crippen molar-refractivity contribution >= 4 is 35.6 Å². The van der Waals surface area contributed by atoms with Crippen molar-refractivity contribution in [3.8, 4) is 50.6 Å². The smallest absolute Gasteiger partial charge is 0.387 e. The normalized spacial score (nSPS) is 18.2. The standard InChI is InChI=1S/3C22H16F4N4O2/c3*1-30-19(31)22(29-21(30)27,13-3-6-15(7-4-13)32-20(25)26)14-5-8-17(23)16(10-14)12-2-9-18(24)28-11-12/h3*2-11,20H,1H3,(H2,27,29)/t2*22-;/m10./s1. The van der Waals surface area contributed by atoms with Crippen LogP contribution in [-0.2, 0) is 31.0 Å². The van der Waals surface area contributed by atoms with Gasteiger partial charge in [0.05, 0.1) is 0 Å². The number of likely N-dealkylation sites (N-methyl/N-ethyl adjacent to an activating group) is 3. The number of halogens is 12. The van der Waals surface area contributed by atoms with E-state index >= 15 is 0 Å². The predicted molar refractivity (Wildman–Crippen MR) is 324 cm³/mol. The van der Waals surface area contributed by atoms with Crippen LogP contribution in [0.3, 0.4) is 0 Å². The largest absolute Gasteiger partial charge is 0.435 e. The summed E-state index contributed by atoms with van der Waals surface area (Å²) >= 11 is 0. The van der Waals surface area contributed by atoms with Gasteiger partial charge in [-0.3, -0.25) is 29.1 Å². The van der Waals surface area contributed by atoms with E-state index in [4.69, 9.17) is 17.2 Å². The Kier molecular flexibility index (Phi) is 18.9. The van der Waals surface area contributed by atoms with E-state index in [-0.39, 0.29) is 85.2 Å². The highest BCUT2D eigenvalue weighted by atomic mass is 19.3. The number of guanidine groups is 3. The van der Waals surface area contributed by atoms with Gasteiger partial charge in [-0.15, -0.1) is 0 Å². The Morgan fingerprint density at radius 2 is 0.573 bits per heavy atom. The first-order valence-corrected chi connectivity index (χ1v) is 28.0. The number of carbonyl (C=O) groups excluding carboxylic acids is 3. The zero-order chi connectivity index (χ0) is 69.1. The molecule has 3 atom stereocenters. The molecule has 6 N–H and O–H groups in total. The molecule has 0 radical (unpaired) electrons. The van der Waals surface area contributed by atoms with E-state index in [1.54, 1.807) is 0 Å². The van der Waals surface area contributed by atoms with Gasteiger partial charge in [-0.25, -0.2) is 43.1 Å². The zero-order valence-electron chi connectivity index (χ0n) is 49.8.